The predicted octanol–water partition coefficient (Wildman–Crippen LogP) is 0.265. The molecule has 0 spiro atoms. The Morgan fingerprint density at radius 2 is 1.00 bits per heavy atom. The second-order valence-electron chi connectivity index (χ2n) is 6.97. The normalized spacial score (nSPS) is 12.1. The molecule has 0 unspecified atom stereocenters. The summed E-state index contributed by atoms with van der Waals surface area (Å²) < 4.78 is 11.6. The molecule has 0 aliphatic carbocycles. The average Bonchev–Trinajstić information content (AvgIpc) is 2.22. The number of carbonyl (C=O) groups is 2. The highest BCUT2D eigenvalue weighted by Crippen LogP contribution is 1.98. The van der Waals surface area contributed by atoms with E-state index in [1.807, 2.05) is 42.3 Å². The molecule has 0 saturated carbocycles. The van der Waals surface area contributed by atoms with Crippen molar-refractivity contribution in [3.05, 3.63) is 0 Å². The monoisotopic (exact) mass is 296 g/mol. The molecule has 118 valence electrons. The lowest BCUT2D eigenvalue weighted by Gasteiger charge is -2.23. The quantitative estimate of drug-likeness (QED) is 0.348. The third-order valence-electron chi connectivity index (χ3n) is 2.58. The Balaban J connectivity index is 3.66. The lowest BCUT2D eigenvalue weighted by molar-refractivity contribution is -0.870. The van der Waals surface area contributed by atoms with Crippen LogP contribution in [0.4, 0.5) is 0 Å². The summed E-state index contributed by atoms with van der Waals surface area (Å²) in [5.74, 6) is -0.691. The standard InChI is InChI=1S/C14H30N2O4/c1-15(2,3)9-11-19-13(17)7-8-14(18)20-12-10-16(4,5)6/h7-12H2,1-6H3/q+2/i1+1,2+1,3+1,4+1,5+1,6+1. The van der Waals surface area contributed by atoms with Crippen molar-refractivity contribution < 1.29 is 28.0 Å². The van der Waals surface area contributed by atoms with Gasteiger partial charge in [-0.15, -0.1) is 0 Å². The van der Waals surface area contributed by atoms with Crippen molar-refractivity contribution in [2.45, 2.75) is 12.8 Å². The molecule has 0 heterocycles. The molecular weight excluding hydrogens is 266 g/mol. The van der Waals surface area contributed by atoms with Crippen LogP contribution in [0.3, 0.4) is 0 Å². The van der Waals surface area contributed by atoms with E-state index in [1.165, 1.54) is 0 Å². The SMILES string of the molecule is [13CH3][N+]([13CH3])([13CH3])CCOC(=O)CCC(=O)OCC[N+]([13CH3])([13CH3])[13CH3]. The van der Waals surface area contributed by atoms with Crippen LogP contribution in [0.5, 0.6) is 0 Å². The molecule has 6 heteroatoms. The van der Waals surface area contributed by atoms with E-state index in [0.29, 0.717) is 13.2 Å². The Kier molecular flexibility index (Phi) is 7.75. The van der Waals surface area contributed by atoms with Crippen LogP contribution in [0.2, 0.25) is 0 Å². The summed E-state index contributed by atoms with van der Waals surface area (Å²) in [5.41, 5.74) is 0. The van der Waals surface area contributed by atoms with E-state index in [-0.39, 0.29) is 24.8 Å². The Morgan fingerprint density at radius 1 is 0.700 bits per heavy atom. The van der Waals surface area contributed by atoms with Crippen molar-refractivity contribution in [1.82, 2.24) is 0 Å². The van der Waals surface area contributed by atoms with Gasteiger partial charge in [0.2, 0.25) is 0 Å². The molecule has 6 nitrogen and oxygen atoms in total. The summed E-state index contributed by atoms with van der Waals surface area (Å²) in [6.07, 6.45) is 0.167. The Labute approximate surface area is 122 Å². The lowest BCUT2D eigenvalue weighted by atomic mass is 10.3. The molecule has 0 fully saturated rings. The second-order valence-corrected chi connectivity index (χ2v) is 6.97. The molecule has 0 aromatic carbocycles. The van der Waals surface area contributed by atoms with Gasteiger partial charge in [-0.05, 0) is 0 Å². The van der Waals surface area contributed by atoms with Gasteiger partial charge in [-0.25, -0.2) is 0 Å². The van der Waals surface area contributed by atoms with Gasteiger partial charge in [0.1, 0.15) is 26.3 Å². The summed E-state index contributed by atoms with van der Waals surface area (Å²) in [6, 6.07) is 0. The summed E-state index contributed by atoms with van der Waals surface area (Å²) in [7, 11) is 12.2. The van der Waals surface area contributed by atoms with E-state index >= 15 is 0 Å². The van der Waals surface area contributed by atoms with Crippen LogP contribution in [0.1, 0.15) is 12.8 Å². The maximum absolute atomic E-state index is 11.4. The average molecular weight is 296 g/mol. The third kappa shape index (κ3) is 13.3. The summed E-state index contributed by atoms with van der Waals surface area (Å²) in [6.45, 7) is 2.25. The van der Waals surface area contributed by atoms with E-state index < -0.39 is 0 Å². The van der Waals surface area contributed by atoms with Gasteiger partial charge in [0, 0.05) is 0 Å². The van der Waals surface area contributed by atoms with Crippen molar-refractivity contribution in [3.63, 3.8) is 0 Å². The third-order valence-corrected chi connectivity index (χ3v) is 2.58. The van der Waals surface area contributed by atoms with Crippen LogP contribution in [0.25, 0.3) is 0 Å². The molecule has 0 saturated heterocycles. The van der Waals surface area contributed by atoms with Gasteiger partial charge in [0.25, 0.3) is 0 Å². The van der Waals surface area contributed by atoms with E-state index in [1.54, 1.807) is 0 Å². The topological polar surface area (TPSA) is 52.6 Å². The largest absolute Gasteiger partial charge is 0.460 e. The van der Waals surface area contributed by atoms with Gasteiger partial charge in [0.05, 0.1) is 55.1 Å². The zero-order valence-electron chi connectivity index (χ0n) is 13.8. The van der Waals surface area contributed by atoms with Crippen molar-refractivity contribution in [1.29, 1.82) is 0 Å². The molecule has 0 aromatic heterocycles. The lowest BCUT2D eigenvalue weighted by Crippen LogP contribution is -2.38. The fourth-order valence-electron chi connectivity index (χ4n) is 1.22. The predicted molar refractivity (Wildman–Crippen MR) is 77.0 cm³/mol. The second kappa shape index (κ2) is 8.21. The molecule has 0 amide bonds. The number of quaternary nitrogens is 2. The number of hydrogen-bond donors (Lipinski definition) is 0. The van der Waals surface area contributed by atoms with Crippen molar-refractivity contribution in [2.75, 3.05) is 68.6 Å². The van der Waals surface area contributed by atoms with Crippen molar-refractivity contribution in [2.24, 2.45) is 0 Å². The smallest absolute Gasteiger partial charge is 0.306 e. The van der Waals surface area contributed by atoms with Crippen LogP contribution in [-0.2, 0) is 19.1 Å². The fourth-order valence-corrected chi connectivity index (χ4v) is 1.22. The number of carbonyl (C=O) groups excluding carboxylic acids is 2. The van der Waals surface area contributed by atoms with Crippen LogP contribution in [0, 0.1) is 0 Å². The van der Waals surface area contributed by atoms with E-state index in [2.05, 4.69) is 0 Å². The maximum atomic E-state index is 11.4. The molecule has 0 atom stereocenters. The zero-order chi connectivity index (χ0) is 15.8. The van der Waals surface area contributed by atoms with Crippen molar-refractivity contribution in [3.8, 4) is 0 Å². The molecule has 0 aromatic rings. The first-order valence-electron chi connectivity index (χ1n) is 6.92. The molecule has 0 N–H and O–H groups in total. The van der Waals surface area contributed by atoms with Crippen LogP contribution >= 0.6 is 0 Å². The van der Waals surface area contributed by atoms with E-state index in [9.17, 15) is 9.59 Å². The first-order valence-corrected chi connectivity index (χ1v) is 6.92. The van der Waals surface area contributed by atoms with Crippen LogP contribution < -0.4 is 0 Å². The first kappa shape index (κ1) is 18.9. The van der Waals surface area contributed by atoms with Crippen LogP contribution in [0.15, 0.2) is 0 Å². The highest BCUT2D eigenvalue weighted by atomic mass is 16.5. The number of ether oxygens (including phenoxy) is 2. The minimum Gasteiger partial charge on any atom is -0.460 e. The number of esters is 2. The highest BCUT2D eigenvalue weighted by molar-refractivity contribution is 5.77. The molecule has 0 aliphatic rings. The van der Waals surface area contributed by atoms with E-state index in [4.69, 9.17) is 9.47 Å². The Bertz CT molecular complexity index is 284. The number of hydrogen-bond acceptors (Lipinski definition) is 4. The highest BCUT2D eigenvalue weighted by Gasteiger charge is 2.13. The minimum absolute atomic E-state index is 0.0837. The van der Waals surface area contributed by atoms with Crippen molar-refractivity contribution >= 4 is 11.9 Å². The Hall–Kier alpha value is -1.14. The molecule has 20 heavy (non-hydrogen) atoms. The van der Waals surface area contributed by atoms with Gasteiger partial charge in [-0.1, -0.05) is 0 Å². The maximum Gasteiger partial charge on any atom is 0.306 e. The van der Waals surface area contributed by atoms with Gasteiger partial charge >= 0.3 is 11.9 Å². The summed E-state index contributed by atoms with van der Waals surface area (Å²) >= 11 is 0. The first-order chi connectivity index (χ1) is 8.99. The van der Waals surface area contributed by atoms with Gasteiger partial charge in [0.15, 0.2) is 0 Å². The zero-order valence-corrected chi connectivity index (χ0v) is 13.8. The van der Waals surface area contributed by atoms with Gasteiger partial charge in [-0.2, -0.15) is 0 Å². The Morgan fingerprint density at radius 3 is 1.25 bits per heavy atom. The molecule has 0 rings (SSSR count). The van der Waals surface area contributed by atoms with Gasteiger partial charge in [-0.3, -0.25) is 9.59 Å². The fraction of sp³-hybridized carbons (Fsp3) is 0.857. The number of rotatable bonds is 9. The van der Waals surface area contributed by atoms with Crippen LogP contribution in [-0.4, -0.2) is 89.5 Å². The molecule has 0 bridgehead atoms. The number of nitrogens with zero attached hydrogens (tertiary/aromatic N) is 2. The number of likely N-dealkylation sites (N-methyl/N-ethyl adjacent to an activating group) is 2. The summed E-state index contributed by atoms with van der Waals surface area (Å²) in [5, 5.41) is 0. The van der Waals surface area contributed by atoms with Gasteiger partial charge < -0.3 is 18.4 Å². The molecule has 0 aliphatic heterocycles. The molecular formula is C14H30N2O4+2. The minimum atomic E-state index is -0.345. The summed E-state index contributed by atoms with van der Waals surface area (Å²) in [4.78, 5) is 22.9. The van der Waals surface area contributed by atoms with E-state index in [0.717, 1.165) is 22.1 Å². The molecule has 0 radical (unpaired) electrons.